The zero-order chi connectivity index (χ0) is 14.9. The molecule has 20 heavy (non-hydrogen) atoms. The molecule has 1 aliphatic heterocycles. The van der Waals surface area contributed by atoms with E-state index in [4.69, 9.17) is 10.8 Å². The first-order valence-corrected chi connectivity index (χ1v) is 8.18. The minimum absolute atomic E-state index is 0.0616. The topological polar surface area (TPSA) is 109 Å². The second-order valence-electron chi connectivity index (χ2n) is 5.21. The van der Waals surface area contributed by atoms with Gasteiger partial charge in [-0.15, -0.1) is 0 Å². The molecule has 1 aromatic rings. The summed E-state index contributed by atoms with van der Waals surface area (Å²) < 4.78 is 22.7. The van der Waals surface area contributed by atoms with E-state index in [1.807, 2.05) is 0 Å². The number of carboxylic acid groups (broad SMARTS) is 1. The molecule has 1 heterocycles. The standard InChI is InChI=1S/C13H18N2O4S/c1-8-4-10(5-11(12(8)14)13(16)17)15-6-9-2-3-20(18,19)7-9/h4-5,9,15H,2-3,6-7,14H2,1H3,(H,16,17). The Bertz CT molecular complexity index is 640. The molecule has 6 nitrogen and oxygen atoms in total. The monoisotopic (exact) mass is 298 g/mol. The lowest BCUT2D eigenvalue weighted by atomic mass is 10.1. The number of carboxylic acids is 1. The number of anilines is 2. The molecule has 1 aromatic carbocycles. The fraction of sp³-hybridized carbons (Fsp3) is 0.462. The first-order valence-electron chi connectivity index (χ1n) is 6.36. The van der Waals surface area contributed by atoms with Gasteiger partial charge in [0.05, 0.1) is 17.1 Å². The van der Waals surface area contributed by atoms with Crippen LogP contribution in [0.3, 0.4) is 0 Å². The molecule has 0 aliphatic carbocycles. The van der Waals surface area contributed by atoms with Crippen LogP contribution in [0.2, 0.25) is 0 Å². The Kier molecular flexibility index (Phi) is 3.89. The number of nitrogens with one attached hydrogen (secondary N) is 1. The number of aromatic carboxylic acids is 1. The van der Waals surface area contributed by atoms with Gasteiger partial charge < -0.3 is 16.2 Å². The molecule has 1 fully saturated rings. The smallest absolute Gasteiger partial charge is 0.337 e. The van der Waals surface area contributed by atoms with Crippen molar-refractivity contribution in [2.75, 3.05) is 29.1 Å². The normalized spacial score (nSPS) is 20.8. The molecule has 0 amide bonds. The summed E-state index contributed by atoms with van der Waals surface area (Å²) in [7, 11) is -2.89. The molecular weight excluding hydrogens is 280 g/mol. The maximum atomic E-state index is 11.4. The van der Waals surface area contributed by atoms with Crippen LogP contribution in [0.5, 0.6) is 0 Å². The van der Waals surface area contributed by atoms with Crippen molar-refractivity contribution < 1.29 is 18.3 Å². The Morgan fingerprint density at radius 1 is 1.50 bits per heavy atom. The SMILES string of the molecule is Cc1cc(NCC2CCS(=O)(=O)C2)cc(C(=O)O)c1N. The van der Waals surface area contributed by atoms with Gasteiger partial charge in [0.25, 0.3) is 0 Å². The van der Waals surface area contributed by atoms with Gasteiger partial charge in [0, 0.05) is 17.9 Å². The maximum absolute atomic E-state index is 11.4. The van der Waals surface area contributed by atoms with Gasteiger partial charge in [0.2, 0.25) is 0 Å². The number of carbonyl (C=O) groups is 1. The number of rotatable bonds is 4. The number of hydrogen-bond donors (Lipinski definition) is 3. The van der Waals surface area contributed by atoms with E-state index in [-0.39, 0.29) is 28.7 Å². The lowest BCUT2D eigenvalue weighted by Crippen LogP contribution is -2.16. The molecule has 2 rings (SSSR count). The quantitative estimate of drug-likeness (QED) is 0.719. The third-order valence-corrected chi connectivity index (χ3v) is 5.38. The number of nitrogen functional groups attached to an aromatic ring is 1. The van der Waals surface area contributed by atoms with Crippen LogP contribution in [0, 0.1) is 12.8 Å². The summed E-state index contributed by atoms with van der Waals surface area (Å²) in [6.07, 6.45) is 0.648. The molecule has 0 saturated carbocycles. The lowest BCUT2D eigenvalue weighted by Gasteiger charge is -2.13. The molecule has 0 radical (unpaired) electrons. The Morgan fingerprint density at radius 2 is 2.20 bits per heavy atom. The van der Waals surface area contributed by atoms with Crippen LogP contribution in [-0.2, 0) is 9.84 Å². The highest BCUT2D eigenvalue weighted by Gasteiger charge is 2.27. The van der Waals surface area contributed by atoms with Crippen LogP contribution in [0.1, 0.15) is 22.3 Å². The third-order valence-electron chi connectivity index (χ3n) is 3.54. The first kappa shape index (κ1) is 14.6. The van der Waals surface area contributed by atoms with Crippen LogP contribution < -0.4 is 11.1 Å². The van der Waals surface area contributed by atoms with Gasteiger partial charge in [-0.1, -0.05) is 0 Å². The highest BCUT2D eigenvalue weighted by molar-refractivity contribution is 7.91. The molecule has 0 bridgehead atoms. The minimum Gasteiger partial charge on any atom is -0.478 e. The van der Waals surface area contributed by atoms with Gasteiger partial charge in [0.15, 0.2) is 9.84 Å². The van der Waals surface area contributed by atoms with E-state index in [2.05, 4.69) is 5.32 Å². The fourth-order valence-corrected chi connectivity index (χ4v) is 4.23. The largest absolute Gasteiger partial charge is 0.478 e. The summed E-state index contributed by atoms with van der Waals surface area (Å²) in [5.41, 5.74) is 7.37. The van der Waals surface area contributed by atoms with Crippen molar-refractivity contribution in [3.8, 4) is 0 Å². The second-order valence-corrected chi connectivity index (χ2v) is 7.44. The molecule has 1 atom stereocenters. The van der Waals surface area contributed by atoms with Crippen LogP contribution in [-0.4, -0.2) is 37.5 Å². The van der Waals surface area contributed by atoms with Crippen molar-refractivity contribution in [3.05, 3.63) is 23.3 Å². The van der Waals surface area contributed by atoms with E-state index in [0.29, 0.717) is 24.2 Å². The Hall–Kier alpha value is -1.76. The average molecular weight is 298 g/mol. The predicted molar refractivity (Wildman–Crippen MR) is 77.8 cm³/mol. The molecule has 0 spiro atoms. The van der Waals surface area contributed by atoms with E-state index in [0.717, 1.165) is 0 Å². The molecule has 1 unspecified atom stereocenters. The zero-order valence-corrected chi connectivity index (χ0v) is 12.0. The average Bonchev–Trinajstić information content (AvgIpc) is 2.70. The Morgan fingerprint density at radius 3 is 2.75 bits per heavy atom. The third kappa shape index (κ3) is 3.22. The predicted octanol–water partition coefficient (Wildman–Crippen LogP) is 1.12. The summed E-state index contributed by atoms with van der Waals surface area (Å²) in [6, 6.07) is 3.25. The van der Waals surface area contributed by atoms with E-state index in [1.165, 1.54) is 6.07 Å². The fourth-order valence-electron chi connectivity index (χ4n) is 2.37. The van der Waals surface area contributed by atoms with Gasteiger partial charge in [-0.2, -0.15) is 0 Å². The van der Waals surface area contributed by atoms with Crippen molar-refractivity contribution >= 4 is 27.2 Å². The summed E-state index contributed by atoms with van der Waals surface area (Å²) in [6.45, 7) is 2.26. The Labute approximate surface area is 117 Å². The highest BCUT2D eigenvalue weighted by Crippen LogP contribution is 2.24. The summed E-state index contributed by atoms with van der Waals surface area (Å²) in [5.74, 6) is -0.566. The van der Waals surface area contributed by atoms with Crippen LogP contribution >= 0.6 is 0 Å². The van der Waals surface area contributed by atoms with Crippen molar-refractivity contribution in [3.63, 3.8) is 0 Å². The van der Waals surface area contributed by atoms with Gasteiger partial charge >= 0.3 is 5.97 Å². The lowest BCUT2D eigenvalue weighted by molar-refractivity contribution is 0.0698. The minimum atomic E-state index is -2.89. The summed E-state index contributed by atoms with van der Waals surface area (Å²) in [4.78, 5) is 11.1. The van der Waals surface area contributed by atoms with E-state index >= 15 is 0 Å². The number of sulfone groups is 1. The highest BCUT2D eigenvalue weighted by atomic mass is 32.2. The molecule has 4 N–H and O–H groups in total. The van der Waals surface area contributed by atoms with E-state index in [9.17, 15) is 13.2 Å². The van der Waals surface area contributed by atoms with Gasteiger partial charge in [-0.25, -0.2) is 13.2 Å². The van der Waals surface area contributed by atoms with Crippen LogP contribution in [0.15, 0.2) is 12.1 Å². The van der Waals surface area contributed by atoms with Gasteiger partial charge in [0.1, 0.15) is 0 Å². The summed E-state index contributed by atoms with van der Waals surface area (Å²) in [5, 5.41) is 12.2. The van der Waals surface area contributed by atoms with Crippen LogP contribution in [0.25, 0.3) is 0 Å². The van der Waals surface area contributed by atoms with Crippen molar-refractivity contribution in [1.82, 2.24) is 0 Å². The first-order chi connectivity index (χ1) is 9.28. The second kappa shape index (κ2) is 5.32. The molecular formula is C13H18N2O4S. The number of aryl methyl sites for hydroxylation is 1. The molecule has 0 aromatic heterocycles. The number of benzene rings is 1. The van der Waals surface area contributed by atoms with Crippen molar-refractivity contribution in [1.29, 1.82) is 0 Å². The van der Waals surface area contributed by atoms with Crippen molar-refractivity contribution in [2.45, 2.75) is 13.3 Å². The molecule has 7 heteroatoms. The molecule has 110 valence electrons. The summed E-state index contributed by atoms with van der Waals surface area (Å²) >= 11 is 0. The van der Waals surface area contributed by atoms with Crippen molar-refractivity contribution in [2.24, 2.45) is 5.92 Å². The number of nitrogens with two attached hydrogens (primary N) is 1. The number of hydrogen-bond acceptors (Lipinski definition) is 5. The maximum Gasteiger partial charge on any atom is 0.337 e. The van der Waals surface area contributed by atoms with Gasteiger partial charge in [-0.3, -0.25) is 0 Å². The van der Waals surface area contributed by atoms with Crippen LogP contribution in [0.4, 0.5) is 11.4 Å². The molecule has 1 aliphatic rings. The van der Waals surface area contributed by atoms with E-state index < -0.39 is 15.8 Å². The zero-order valence-electron chi connectivity index (χ0n) is 11.2. The Balaban J connectivity index is 2.09. The van der Waals surface area contributed by atoms with E-state index in [1.54, 1.807) is 13.0 Å². The molecule has 1 saturated heterocycles. The van der Waals surface area contributed by atoms with Gasteiger partial charge in [-0.05, 0) is 37.0 Å².